The Hall–Kier alpha value is -1.69. The monoisotopic (exact) mass is 287 g/mol. The highest BCUT2D eigenvalue weighted by Gasteiger charge is 2.20. The van der Waals surface area contributed by atoms with Crippen LogP contribution in [0.1, 0.15) is 5.56 Å². The summed E-state index contributed by atoms with van der Waals surface area (Å²) in [6.45, 7) is 5.17. The molecule has 5 heteroatoms. The summed E-state index contributed by atoms with van der Waals surface area (Å²) >= 11 is 0. The number of hydrogen-bond acceptors (Lipinski definition) is 5. The Balaban J connectivity index is 1.48. The highest BCUT2D eigenvalue weighted by molar-refractivity contribution is 5.96. The van der Waals surface area contributed by atoms with E-state index in [1.54, 1.807) is 0 Å². The van der Waals surface area contributed by atoms with E-state index in [4.69, 9.17) is 9.57 Å². The topological polar surface area (TPSA) is 46.1 Å². The van der Waals surface area contributed by atoms with Gasteiger partial charge < -0.3 is 4.74 Å². The van der Waals surface area contributed by atoms with Gasteiger partial charge in [-0.05, 0) is 11.6 Å². The van der Waals surface area contributed by atoms with Crippen molar-refractivity contribution < 1.29 is 9.57 Å². The van der Waals surface area contributed by atoms with Gasteiger partial charge in [0.2, 0.25) is 0 Å². The van der Waals surface area contributed by atoms with Crippen molar-refractivity contribution in [2.75, 3.05) is 39.4 Å². The van der Waals surface area contributed by atoms with E-state index >= 15 is 0 Å². The molecule has 5 nitrogen and oxygen atoms in total. The van der Waals surface area contributed by atoms with Crippen LogP contribution >= 0.6 is 0 Å². The summed E-state index contributed by atoms with van der Waals surface area (Å²) in [5.41, 5.74) is 4.08. The summed E-state index contributed by atoms with van der Waals surface area (Å²) in [5.74, 6) is 0.775. The van der Waals surface area contributed by atoms with Crippen molar-refractivity contribution >= 4 is 11.9 Å². The lowest BCUT2D eigenvalue weighted by atomic mass is 10.2. The van der Waals surface area contributed by atoms with E-state index in [2.05, 4.69) is 27.5 Å². The lowest BCUT2D eigenvalue weighted by molar-refractivity contribution is -0.0346. The first-order valence-electron chi connectivity index (χ1n) is 7.39. The van der Waals surface area contributed by atoms with Crippen LogP contribution in [0.5, 0.6) is 0 Å². The fourth-order valence-corrected chi connectivity index (χ4v) is 2.41. The van der Waals surface area contributed by atoms with Gasteiger partial charge in [0.25, 0.3) is 0 Å². The van der Waals surface area contributed by atoms with Crippen molar-refractivity contribution in [3.05, 3.63) is 42.0 Å². The first kappa shape index (κ1) is 14.3. The second kappa shape index (κ2) is 7.36. The van der Waals surface area contributed by atoms with Gasteiger partial charge in [0, 0.05) is 19.6 Å². The Kier molecular flexibility index (Phi) is 4.99. The molecule has 112 valence electrons. The highest BCUT2D eigenvalue weighted by Crippen LogP contribution is 2.06. The van der Waals surface area contributed by atoms with Gasteiger partial charge in [-0.25, -0.2) is 5.48 Å². The molecule has 3 rings (SSSR count). The molecule has 0 aromatic heterocycles. The van der Waals surface area contributed by atoms with Crippen molar-refractivity contribution in [1.29, 1.82) is 0 Å². The minimum Gasteiger partial charge on any atom is -0.379 e. The average molecular weight is 287 g/mol. The molecule has 1 saturated heterocycles. The number of hydrogen-bond donors (Lipinski definition) is 1. The average Bonchev–Trinajstić information content (AvgIpc) is 2.56. The number of nitrogens with zero attached hydrogens (tertiary/aromatic N) is 2. The van der Waals surface area contributed by atoms with E-state index in [0.717, 1.165) is 44.2 Å². The molecule has 0 aliphatic carbocycles. The molecule has 2 heterocycles. The fourth-order valence-electron chi connectivity index (χ4n) is 2.41. The molecule has 2 aliphatic rings. The van der Waals surface area contributed by atoms with E-state index in [1.807, 2.05) is 30.4 Å². The lowest BCUT2D eigenvalue weighted by Crippen LogP contribution is -2.46. The summed E-state index contributed by atoms with van der Waals surface area (Å²) in [5, 5.41) is 0. The highest BCUT2D eigenvalue weighted by atomic mass is 16.7. The molecule has 1 fully saturated rings. The predicted molar refractivity (Wildman–Crippen MR) is 83.0 cm³/mol. The molecular weight excluding hydrogens is 266 g/mol. The molecule has 0 bridgehead atoms. The Morgan fingerprint density at radius 2 is 2.00 bits per heavy atom. The number of ether oxygens (including phenoxy) is 1. The largest absolute Gasteiger partial charge is 0.379 e. The third-order valence-electron chi connectivity index (χ3n) is 3.59. The molecule has 0 spiro atoms. The standard InChI is InChI=1S/C16H21N3O2/c1-2-4-14(5-3-1)6-7-16-17-12-15(21-18-16)13-19-8-10-20-11-9-19/h1-7,15H,8-13H2,(H,17,18)/b7-6+. The van der Waals surface area contributed by atoms with Crippen LogP contribution in [-0.2, 0) is 9.57 Å². The van der Waals surface area contributed by atoms with Crippen LogP contribution in [0.15, 0.2) is 41.4 Å². The zero-order valence-electron chi connectivity index (χ0n) is 12.1. The summed E-state index contributed by atoms with van der Waals surface area (Å²) < 4.78 is 5.35. The molecule has 1 aromatic carbocycles. The predicted octanol–water partition coefficient (Wildman–Crippen LogP) is 1.33. The number of aliphatic imine (C=N–C) groups is 1. The molecule has 1 unspecified atom stereocenters. The van der Waals surface area contributed by atoms with Crippen LogP contribution in [0.4, 0.5) is 0 Å². The zero-order chi connectivity index (χ0) is 14.3. The smallest absolute Gasteiger partial charge is 0.145 e. The number of hydroxylamine groups is 1. The van der Waals surface area contributed by atoms with Crippen LogP contribution in [0.3, 0.4) is 0 Å². The molecule has 2 aliphatic heterocycles. The number of amidine groups is 1. The molecule has 0 saturated carbocycles. The SMILES string of the molecule is C(=C\c1ccccc1)/C1=NCC(CN2CCOCC2)ON1. The van der Waals surface area contributed by atoms with Crippen LogP contribution in [0.25, 0.3) is 6.08 Å². The van der Waals surface area contributed by atoms with Gasteiger partial charge in [0.05, 0.1) is 19.8 Å². The van der Waals surface area contributed by atoms with Gasteiger partial charge in [0.1, 0.15) is 11.9 Å². The zero-order valence-corrected chi connectivity index (χ0v) is 12.1. The van der Waals surface area contributed by atoms with Gasteiger partial charge >= 0.3 is 0 Å². The first-order valence-corrected chi connectivity index (χ1v) is 7.39. The van der Waals surface area contributed by atoms with Gasteiger partial charge in [-0.15, -0.1) is 0 Å². The normalized spacial score (nSPS) is 23.8. The molecule has 0 amide bonds. The Morgan fingerprint density at radius 1 is 1.19 bits per heavy atom. The van der Waals surface area contributed by atoms with Crippen molar-refractivity contribution in [3.8, 4) is 0 Å². The third-order valence-corrected chi connectivity index (χ3v) is 3.59. The summed E-state index contributed by atoms with van der Waals surface area (Å²) in [6, 6.07) is 10.2. The molecular formula is C16H21N3O2. The Labute approximate surface area is 125 Å². The number of morpholine rings is 1. The van der Waals surface area contributed by atoms with Crippen LogP contribution in [-0.4, -0.2) is 56.2 Å². The van der Waals surface area contributed by atoms with Crippen molar-refractivity contribution in [2.24, 2.45) is 4.99 Å². The second-order valence-electron chi connectivity index (χ2n) is 5.22. The number of rotatable bonds is 4. The third kappa shape index (κ3) is 4.39. The van der Waals surface area contributed by atoms with E-state index in [-0.39, 0.29) is 6.10 Å². The Morgan fingerprint density at radius 3 is 2.71 bits per heavy atom. The maximum absolute atomic E-state index is 5.67. The molecule has 1 aromatic rings. The molecule has 0 radical (unpaired) electrons. The summed E-state index contributed by atoms with van der Waals surface area (Å²) in [6.07, 6.45) is 4.08. The maximum Gasteiger partial charge on any atom is 0.145 e. The van der Waals surface area contributed by atoms with E-state index in [0.29, 0.717) is 6.54 Å². The second-order valence-corrected chi connectivity index (χ2v) is 5.22. The molecule has 21 heavy (non-hydrogen) atoms. The Bertz CT molecular complexity index is 496. The van der Waals surface area contributed by atoms with Crippen LogP contribution in [0.2, 0.25) is 0 Å². The van der Waals surface area contributed by atoms with Gasteiger partial charge in [0.15, 0.2) is 0 Å². The minimum atomic E-state index is 0.108. The number of benzene rings is 1. The van der Waals surface area contributed by atoms with Crippen LogP contribution < -0.4 is 5.48 Å². The van der Waals surface area contributed by atoms with E-state index in [1.165, 1.54) is 0 Å². The summed E-state index contributed by atoms with van der Waals surface area (Å²) in [4.78, 5) is 12.6. The summed E-state index contributed by atoms with van der Waals surface area (Å²) in [7, 11) is 0. The first-order chi connectivity index (χ1) is 10.4. The van der Waals surface area contributed by atoms with Crippen molar-refractivity contribution in [1.82, 2.24) is 10.4 Å². The maximum atomic E-state index is 5.67. The molecule has 1 atom stereocenters. The number of nitrogens with one attached hydrogen (secondary N) is 1. The lowest BCUT2D eigenvalue weighted by Gasteiger charge is -2.31. The minimum absolute atomic E-state index is 0.108. The van der Waals surface area contributed by atoms with Gasteiger partial charge in [-0.1, -0.05) is 36.4 Å². The quantitative estimate of drug-likeness (QED) is 0.907. The van der Waals surface area contributed by atoms with E-state index in [9.17, 15) is 0 Å². The fraction of sp³-hybridized carbons (Fsp3) is 0.438. The van der Waals surface area contributed by atoms with Gasteiger partial charge in [-0.3, -0.25) is 14.7 Å². The van der Waals surface area contributed by atoms with Gasteiger partial charge in [-0.2, -0.15) is 0 Å². The molecule has 1 N–H and O–H groups in total. The van der Waals surface area contributed by atoms with Crippen molar-refractivity contribution in [3.63, 3.8) is 0 Å². The van der Waals surface area contributed by atoms with Crippen LogP contribution in [0, 0.1) is 0 Å². The van der Waals surface area contributed by atoms with E-state index < -0.39 is 0 Å². The van der Waals surface area contributed by atoms with Crippen molar-refractivity contribution in [2.45, 2.75) is 6.10 Å².